The quantitative estimate of drug-likeness (QED) is 0.877. The lowest BCUT2D eigenvalue weighted by Gasteiger charge is -2.39. The van der Waals surface area contributed by atoms with Crippen LogP contribution in [0.2, 0.25) is 0 Å². The zero-order valence-corrected chi connectivity index (χ0v) is 13.1. The molecule has 0 spiro atoms. The van der Waals surface area contributed by atoms with Crippen molar-refractivity contribution in [2.75, 3.05) is 6.54 Å². The lowest BCUT2D eigenvalue weighted by molar-refractivity contribution is -0.127. The van der Waals surface area contributed by atoms with E-state index in [2.05, 4.69) is 48.7 Å². The molecule has 1 aromatic carbocycles. The van der Waals surface area contributed by atoms with Crippen LogP contribution in [0.3, 0.4) is 0 Å². The Morgan fingerprint density at radius 3 is 2.81 bits per heavy atom. The molecule has 0 aromatic heterocycles. The van der Waals surface area contributed by atoms with Gasteiger partial charge in [0, 0.05) is 6.04 Å². The summed E-state index contributed by atoms with van der Waals surface area (Å²) >= 11 is 0. The van der Waals surface area contributed by atoms with Crippen LogP contribution in [0.25, 0.3) is 0 Å². The molecular weight excluding hydrogens is 260 g/mol. The van der Waals surface area contributed by atoms with E-state index in [1.807, 2.05) is 0 Å². The molecular formula is C18H26N2O. The minimum absolute atomic E-state index is 0.0505. The van der Waals surface area contributed by atoms with Gasteiger partial charge < -0.3 is 10.6 Å². The molecule has 1 aromatic rings. The predicted molar refractivity (Wildman–Crippen MR) is 85.2 cm³/mol. The summed E-state index contributed by atoms with van der Waals surface area (Å²) in [5.41, 5.74) is 2.89. The highest BCUT2D eigenvalue weighted by Gasteiger charge is 2.37. The molecule has 1 amide bonds. The van der Waals surface area contributed by atoms with Crippen LogP contribution >= 0.6 is 0 Å². The Morgan fingerprint density at radius 2 is 2.05 bits per heavy atom. The van der Waals surface area contributed by atoms with Crippen LogP contribution in [0.15, 0.2) is 24.3 Å². The monoisotopic (exact) mass is 286 g/mol. The Morgan fingerprint density at radius 1 is 1.29 bits per heavy atom. The minimum Gasteiger partial charge on any atom is -0.352 e. The highest BCUT2D eigenvalue weighted by atomic mass is 16.2. The second-order valence-electron chi connectivity index (χ2n) is 7.20. The van der Waals surface area contributed by atoms with Gasteiger partial charge in [0.2, 0.25) is 5.91 Å². The van der Waals surface area contributed by atoms with Crippen LogP contribution in [0.5, 0.6) is 0 Å². The molecule has 1 heterocycles. The first-order valence-electron chi connectivity index (χ1n) is 8.17. The lowest BCUT2D eigenvalue weighted by atomic mass is 9.77. The predicted octanol–water partition coefficient (Wildman–Crippen LogP) is 2.44. The summed E-state index contributed by atoms with van der Waals surface area (Å²) < 4.78 is 0. The van der Waals surface area contributed by atoms with E-state index in [0.717, 1.165) is 38.6 Å². The van der Waals surface area contributed by atoms with Crippen LogP contribution in [-0.4, -0.2) is 24.5 Å². The minimum atomic E-state index is -0.0524. The van der Waals surface area contributed by atoms with Gasteiger partial charge in [-0.05, 0) is 55.2 Å². The van der Waals surface area contributed by atoms with Gasteiger partial charge in [0.05, 0.1) is 6.04 Å². The van der Waals surface area contributed by atoms with Crippen molar-refractivity contribution < 1.29 is 4.79 Å². The van der Waals surface area contributed by atoms with Gasteiger partial charge in [-0.25, -0.2) is 0 Å². The number of benzene rings is 1. The lowest BCUT2D eigenvalue weighted by Crippen LogP contribution is -2.57. The van der Waals surface area contributed by atoms with Crippen molar-refractivity contribution >= 4 is 5.91 Å². The number of aryl methyl sites for hydroxylation is 1. The van der Waals surface area contributed by atoms with Gasteiger partial charge in [0.15, 0.2) is 0 Å². The normalized spacial score (nSPS) is 27.7. The summed E-state index contributed by atoms with van der Waals surface area (Å²) in [7, 11) is 0. The zero-order chi connectivity index (χ0) is 14.9. The average molecular weight is 286 g/mol. The van der Waals surface area contributed by atoms with Crippen molar-refractivity contribution in [2.45, 2.75) is 58.0 Å². The Hall–Kier alpha value is -1.35. The fourth-order valence-corrected chi connectivity index (χ4v) is 3.76. The first-order chi connectivity index (χ1) is 10.1. The number of rotatable bonds is 2. The third kappa shape index (κ3) is 3.13. The van der Waals surface area contributed by atoms with Crippen molar-refractivity contribution in [3.63, 3.8) is 0 Å². The van der Waals surface area contributed by atoms with Gasteiger partial charge >= 0.3 is 0 Å². The number of carbonyl (C=O) groups is 1. The second kappa shape index (κ2) is 5.80. The maximum atomic E-state index is 12.6. The number of piperidine rings is 1. The van der Waals surface area contributed by atoms with Gasteiger partial charge in [-0.15, -0.1) is 0 Å². The molecule has 3 nitrogen and oxygen atoms in total. The van der Waals surface area contributed by atoms with E-state index >= 15 is 0 Å². The Balaban J connectivity index is 1.63. The van der Waals surface area contributed by atoms with Crippen LogP contribution in [0.1, 0.15) is 44.2 Å². The van der Waals surface area contributed by atoms with E-state index < -0.39 is 0 Å². The second-order valence-corrected chi connectivity index (χ2v) is 7.20. The van der Waals surface area contributed by atoms with Crippen LogP contribution in [-0.2, 0) is 17.6 Å². The average Bonchev–Trinajstić information content (AvgIpc) is 2.46. The molecule has 1 fully saturated rings. The van der Waals surface area contributed by atoms with Gasteiger partial charge in [0.1, 0.15) is 0 Å². The Kier molecular flexibility index (Phi) is 4.03. The Labute approximate surface area is 127 Å². The molecule has 0 radical (unpaired) electrons. The number of nitrogens with one attached hydrogen (secondary N) is 2. The maximum Gasteiger partial charge on any atom is 0.237 e. The molecule has 3 heteroatoms. The van der Waals surface area contributed by atoms with Crippen molar-refractivity contribution in [1.82, 2.24) is 10.6 Å². The smallest absolute Gasteiger partial charge is 0.237 e. The first-order valence-corrected chi connectivity index (χ1v) is 8.17. The van der Waals surface area contributed by atoms with Gasteiger partial charge in [-0.2, -0.15) is 0 Å². The topological polar surface area (TPSA) is 41.1 Å². The molecule has 2 aliphatic rings. The van der Waals surface area contributed by atoms with E-state index in [9.17, 15) is 4.79 Å². The third-order valence-electron chi connectivity index (χ3n) is 5.08. The van der Waals surface area contributed by atoms with Gasteiger partial charge in [-0.1, -0.05) is 38.1 Å². The molecule has 1 aliphatic heterocycles. The fourth-order valence-electron chi connectivity index (χ4n) is 3.76. The summed E-state index contributed by atoms with van der Waals surface area (Å²) in [6.07, 6.45) is 5.37. The molecule has 1 aliphatic carbocycles. The van der Waals surface area contributed by atoms with Gasteiger partial charge in [-0.3, -0.25) is 4.79 Å². The van der Waals surface area contributed by atoms with Crippen LogP contribution in [0.4, 0.5) is 0 Å². The molecule has 0 saturated carbocycles. The number of carbonyl (C=O) groups excluding carboxylic acids is 1. The molecule has 0 bridgehead atoms. The molecule has 3 rings (SSSR count). The number of hydrogen-bond acceptors (Lipinski definition) is 2. The van der Waals surface area contributed by atoms with E-state index in [4.69, 9.17) is 0 Å². The zero-order valence-electron chi connectivity index (χ0n) is 13.1. The highest BCUT2D eigenvalue weighted by molar-refractivity contribution is 5.83. The maximum absolute atomic E-state index is 12.6. The van der Waals surface area contributed by atoms with Crippen LogP contribution < -0.4 is 10.6 Å². The van der Waals surface area contributed by atoms with Crippen LogP contribution in [0, 0.1) is 5.41 Å². The van der Waals surface area contributed by atoms with Crippen molar-refractivity contribution in [3.8, 4) is 0 Å². The molecule has 114 valence electrons. The van der Waals surface area contributed by atoms with E-state index in [1.54, 1.807) is 0 Å². The van der Waals surface area contributed by atoms with Crippen molar-refractivity contribution in [1.29, 1.82) is 0 Å². The molecule has 21 heavy (non-hydrogen) atoms. The number of amides is 1. The van der Waals surface area contributed by atoms with Crippen molar-refractivity contribution in [3.05, 3.63) is 35.4 Å². The molecule has 2 N–H and O–H groups in total. The third-order valence-corrected chi connectivity index (χ3v) is 5.08. The summed E-state index contributed by atoms with van der Waals surface area (Å²) in [5.74, 6) is 0.184. The van der Waals surface area contributed by atoms with Gasteiger partial charge in [0.25, 0.3) is 0 Å². The summed E-state index contributed by atoms with van der Waals surface area (Å²) in [5, 5.41) is 6.69. The van der Waals surface area contributed by atoms with Crippen molar-refractivity contribution in [2.24, 2.45) is 5.41 Å². The Bertz CT molecular complexity index is 524. The fraction of sp³-hybridized carbons (Fsp3) is 0.611. The summed E-state index contributed by atoms with van der Waals surface area (Å²) in [6, 6.07) is 8.83. The summed E-state index contributed by atoms with van der Waals surface area (Å²) in [4.78, 5) is 12.6. The summed E-state index contributed by atoms with van der Waals surface area (Å²) in [6.45, 7) is 5.34. The number of fused-ring (bicyclic) bond motifs is 1. The largest absolute Gasteiger partial charge is 0.352 e. The van der Waals surface area contributed by atoms with E-state index in [0.29, 0.717) is 0 Å². The SMILES string of the molecule is CC1(C)CCCNC1C(=O)NC1CCc2ccccc2C1. The molecule has 2 atom stereocenters. The van der Waals surface area contributed by atoms with E-state index in [1.165, 1.54) is 11.1 Å². The highest BCUT2D eigenvalue weighted by Crippen LogP contribution is 2.30. The standard InChI is InChI=1S/C18H26N2O/c1-18(2)10-5-11-19-16(18)17(21)20-15-9-8-13-6-3-4-7-14(13)12-15/h3-4,6-7,15-16,19H,5,8-12H2,1-2H3,(H,20,21). The molecule has 1 saturated heterocycles. The number of hydrogen-bond donors (Lipinski definition) is 2. The van der Waals surface area contributed by atoms with E-state index in [-0.39, 0.29) is 23.4 Å². The molecule has 2 unspecified atom stereocenters. The first kappa shape index (κ1) is 14.6.